The Morgan fingerprint density at radius 3 is 2.16 bits per heavy atom. The van der Waals surface area contributed by atoms with Gasteiger partial charge in [0.15, 0.2) is 0 Å². The van der Waals surface area contributed by atoms with E-state index in [1.807, 2.05) is 0 Å². The molecule has 0 spiro atoms. The van der Waals surface area contributed by atoms with Gasteiger partial charge in [-0.25, -0.2) is 0 Å². The van der Waals surface area contributed by atoms with Gasteiger partial charge in [0, 0.05) is 0 Å². The van der Waals surface area contributed by atoms with Crippen LogP contribution in [0.5, 0.6) is 0 Å². The van der Waals surface area contributed by atoms with E-state index >= 15 is 0 Å². The molecule has 0 nitrogen and oxygen atoms in total. The Balaban J connectivity index is 1.92. The molecule has 0 N–H and O–H groups in total. The molecule has 0 aliphatic heterocycles. The van der Waals surface area contributed by atoms with Crippen molar-refractivity contribution in [3.63, 3.8) is 0 Å². The molecule has 6 atom stereocenters. The Kier molecular flexibility index (Phi) is 6.76. The van der Waals surface area contributed by atoms with E-state index in [4.69, 9.17) is 0 Å². The molecule has 0 aromatic heterocycles. The first kappa shape index (κ1) is 21.3. The zero-order valence-electron chi connectivity index (χ0n) is 18.9. The molecule has 0 aromatic carbocycles. The molecular formula is C25H48. The minimum Gasteiger partial charge on any atom is -0.0654 e. The molecular weight excluding hydrogens is 300 g/mol. The smallest absolute Gasteiger partial charge is 0.0212 e. The van der Waals surface area contributed by atoms with Crippen molar-refractivity contribution in [3.05, 3.63) is 0 Å². The molecule has 2 aliphatic rings. The first-order chi connectivity index (χ1) is 11.7. The van der Waals surface area contributed by atoms with Crippen molar-refractivity contribution >= 4 is 0 Å². The summed E-state index contributed by atoms with van der Waals surface area (Å²) in [5.41, 5.74) is 1.72. The quantitative estimate of drug-likeness (QED) is 0.310. The molecule has 0 aromatic rings. The van der Waals surface area contributed by atoms with Crippen molar-refractivity contribution in [3.8, 4) is 0 Å². The first-order valence-corrected chi connectivity index (χ1v) is 11.7. The van der Waals surface area contributed by atoms with Gasteiger partial charge in [0.25, 0.3) is 0 Å². The topological polar surface area (TPSA) is 0 Å². The summed E-state index contributed by atoms with van der Waals surface area (Å²) in [5.74, 6) is 3.75. The van der Waals surface area contributed by atoms with E-state index in [0.717, 1.165) is 23.7 Å². The third kappa shape index (κ3) is 3.98. The van der Waals surface area contributed by atoms with Crippen LogP contribution < -0.4 is 0 Å². The maximum absolute atomic E-state index is 2.63. The highest BCUT2D eigenvalue weighted by atomic mass is 14.7. The first-order valence-electron chi connectivity index (χ1n) is 11.7. The van der Waals surface area contributed by atoms with Gasteiger partial charge in [0.05, 0.1) is 0 Å². The molecule has 0 heteroatoms. The van der Waals surface area contributed by atoms with Crippen LogP contribution in [0.2, 0.25) is 0 Å². The second kappa shape index (κ2) is 7.93. The highest BCUT2D eigenvalue weighted by Crippen LogP contribution is 2.74. The van der Waals surface area contributed by atoms with Gasteiger partial charge < -0.3 is 0 Å². The predicted molar refractivity (Wildman–Crippen MR) is 113 cm³/mol. The molecule has 0 saturated heterocycles. The van der Waals surface area contributed by atoms with Crippen LogP contribution in [0.4, 0.5) is 0 Å². The maximum Gasteiger partial charge on any atom is -0.0212 e. The Hall–Kier alpha value is 0. The monoisotopic (exact) mass is 348 g/mol. The lowest BCUT2D eigenvalue weighted by Crippen LogP contribution is -2.35. The lowest BCUT2D eigenvalue weighted by Gasteiger charge is -2.41. The summed E-state index contributed by atoms with van der Waals surface area (Å²) in [4.78, 5) is 0. The summed E-state index contributed by atoms with van der Waals surface area (Å²) in [6, 6.07) is 0. The summed E-state index contributed by atoms with van der Waals surface area (Å²) in [6.45, 7) is 20.2. The van der Waals surface area contributed by atoms with Gasteiger partial charge in [-0.2, -0.15) is 0 Å². The van der Waals surface area contributed by atoms with Gasteiger partial charge in [0.1, 0.15) is 0 Å². The fraction of sp³-hybridized carbons (Fsp3) is 1.00. The molecule has 0 bridgehead atoms. The van der Waals surface area contributed by atoms with Crippen molar-refractivity contribution in [1.29, 1.82) is 0 Å². The van der Waals surface area contributed by atoms with E-state index in [1.54, 1.807) is 0 Å². The lowest BCUT2D eigenvalue weighted by atomic mass is 9.63. The van der Waals surface area contributed by atoms with Gasteiger partial charge in [-0.15, -0.1) is 0 Å². The Bertz CT molecular complexity index is 422. The van der Waals surface area contributed by atoms with Gasteiger partial charge >= 0.3 is 0 Å². The van der Waals surface area contributed by atoms with Crippen LogP contribution in [0.3, 0.4) is 0 Å². The van der Waals surface area contributed by atoms with E-state index in [1.165, 1.54) is 64.2 Å². The summed E-state index contributed by atoms with van der Waals surface area (Å²) in [6.07, 6.45) is 14.4. The zero-order valence-corrected chi connectivity index (χ0v) is 18.9. The van der Waals surface area contributed by atoms with Gasteiger partial charge in [-0.3, -0.25) is 0 Å². The minimum absolute atomic E-state index is 0.481. The van der Waals surface area contributed by atoms with Crippen molar-refractivity contribution in [2.24, 2.45) is 39.9 Å². The van der Waals surface area contributed by atoms with Gasteiger partial charge in [-0.1, -0.05) is 100 Å². The molecule has 25 heavy (non-hydrogen) atoms. The fourth-order valence-corrected chi connectivity index (χ4v) is 6.52. The molecule has 2 saturated carbocycles. The summed E-state index contributed by atoms with van der Waals surface area (Å²) in [5, 5.41) is 0. The predicted octanol–water partition coefficient (Wildman–Crippen LogP) is 8.50. The number of hydrogen-bond acceptors (Lipinski definition) is 0. The van der Waals surface area contributed by atoms with Crippen LogP contribution in [0.15, 0.2) is 0 Å². The van der Waals surface area contributed by atoms with Crippen LogP contribution in [-0.2, 0) is 0 Å². The second-order valence-corrected chi connectivity index (χ2v) is 11.0. The number of rotatable bonds is 12. The summed E-state index contributed by atoms with van der Waals surface area (Å²) >= 11 is 0. The standard InChI is InChI=1S/C25H48/c1-9-11-13-14-16-21-20(4)25(21,8)23(5,6)19(3)22-18-24(22,7)17-15-12-10-2/h19-22H,9-18H2,1-8H3. The SMILES string of the molecule is CCCCCCC1C(C)C1(C)C(C)(C)C(C)C1CC1(C)CCCCC. The Morgan fingerprint density at radius 2 is 1.56 bits per heavy atom. The third-order valence-corrected chi connectivity index (χ3v) is 9.48. The van der Waals surface area contributed by atoms with E-state index in [0.29, 0.717) is 16.2 Å². The van der Waals surface area contributed by atoms with E-state index in [-0.39, 0.29) is 0 Å². The van der Waals surface area contributed by atoms with Crippen LogP contribution in [0.1, 0.15) is 120 Å². The second-order valence-electron chi connectivity index (χ2n) is 11.0. The Labute approximate surface area is 159 Å². The summed E-state index contributed by atoms with van der Waals surface area (Å²) < 4.78 is 0. The molecule has 2 aliphatic carbocycles. The lowest BCUT2D eigenvalue weighted by molar-refractivity contribution is 0.0703. The average Bonchev–Trinajstić information content (AvgIpc) is 3.39. The van der Waals surface area contributed by atoms with Crippen molar-refractivity contribution in [2.45, 2.75) is 120 Å². The highest BCUT2D eigenvalue weighted by Gasteiger charge is 2.68. The molecule has 2 rings (SSSR count). The van der Waals surface area contributed by atoms with E-state index in [2.05, 4.69) is 55.4 Å². The zero-order chi connectivity index (χ0) is 18.9. The van der Waals surface area contributed by atoms with E-state index in [9.17, 15) is 0 Å². The van der Waals surface area contributed by atoms with Crippen molar-refractivity contribution in [2.75, 3.05) is 0 Å². The van der Waals surface area contributed by atoms with Crippen molar-refractivity contribution in [1.82, 2.24) is 0 Å². The fourth-order valence-electron chi connectivity index (χ4n) is 6.52. The summed E-state index contributed by atoms with van der Waals surface area (Å²) in [7, 11) is 0. The number of unbranched alkanes of at least 4 members (excludes halogenated alkanes) is 5. The van der Waals surface area contributed by atoms with Crippen LogP contribution >= 0.6 is 0 Å². The Morgan fingerprint density at radius 1 is 0.960 bits per heavy atom. The van der Waals surface area contributed by atoms with Crippen LogP contribution in [-0.4, -0.2) is 0 Å². The molecule has 0 heterocycles. The molecule has 0 radical (unpaired) electrons. The maximum atomic E-state index is 2.63. The third-order valence-electron chi connectivity index (χ3n) is 9.48. The molecule has 0 amide bonds. The van der Waals surface area contributed by atoms with Gasteiger partial charge in [0.2, 0.25) is 0 Å². The largest absolute Gasteiger partial charge is 0.0654 e. The highest BCUT2D eigenvalue weighted by molar-refractivity contribution is 5.16. The minimum atomic E-state index is 0.481. The normalized spacial score (nSPS) is 38.6. The molecule has 148 valence electrons. The average molecular weight is 349 g/mol. The number of hydrogen-bond donors (Lipinski definition) is 0. The van der Waals surface area contributed by atoms with Crippen LogP contribution in [0.25, 0.3) is 0 Å². The molecule has 6 unspecified atom stereocenters. The van der Waals surface area contributed by atoms with Crippen LogP contribution in [0, 0.1) is 39.9 Å². The molecule has 2 fully saturated rings. The van der Waals surface area contributed by atoms with Crippen molar-refractivity contribution < 1.29 is 0 Å². The van der Waals surface area contributed by atoms with E-state index < -0.39 is 0 Å². The van der Waals surface area contributed by atoms with Gasteiger partial charge in [-0.05, 0) is 59.2 Å².